The number of aryl methyl sites for hydroxylation is 1. The quantitative estimate of drug-likeness (QED) is 0.866. The summed E-state index contributed by atoms with van der Waals surface area (Å²) in [6.45, 7) is 1.28. The van der Waals surface area contributed by atoms with Gasteiger partial charge < -0.3 is 15.4 Å². The number of carbonyl (C=O) groups excluding carboxylic acids is 1. The average Bonchev–Trinajstić information content (AvgIpc) is 2.77. The van der Waals surface area contributed by atoms with Crippen LogP contribution >= 0.6 is 23.7 Å². The number of carbonyl (C=O) groups is 1. The molecule has 0 saturated carbocycles. The molecule has 4 nitrogen and oxygen atoms in total. The second-order valence-corrected chi connectivity index (χ2v) is 6.11. The van der Waals surface area contributed by atoms with Crippen LogP contribution in [0.4, 0.5) is 8.78 Å². The summed E-state index contributed by atoms with van der Waals surface area (Å²) in [5.41, 5.74) is 0. The maximum Gasteiger partial charge on any atom is 0.387 e. The highest BCUT2D eigenvalue weighted by Gasteiger charge is 2.20. The molecule has 1 atom stereocenters. The number of halogens is 3. The second-order valence-electron chi connectivity index (χ2n) is 4.85. The van der Waals surface area contributed by atoms with Gasteiger partial charge in [-0.15, -0.1) is 23.7 Å². The maximum atomic E-state index is 12.3. The van der Waals surface area contributed by atoms with Gasteiger partial charge in [-0.25, -0.2) is 0 Å². The largest absolute Gasteiger partial charge is 0.433 e. The molecule has 120 valence electrons. The van der Waals surface area contributed by atoms with E-state index in [2.05, 4.69) is 15.4 Å². The number of thiophene rings is 1. The van der Waals surface area contributed by atoms with Gasteiger partial charge in [0.2, 0.25) is 0 Å². The van der Waals surface area contributed by atoms with Crippen LogP contribution in [0.15, 0.2) is 6.07 Å². The molecular weight excluding hydrogens is 322 g/mol. The van der Waals surface area contributed by atoms with Gasteiger partial charge in [-0.2, -0.15) is 8.78 Å². The molecule has 1 aliphatic rings. The van der Waals surface area contributed by atoms with Crippen molar-refractivity contribution in [1.29, 1.82) is 0 Å². The van der Waals surface area contributed by atoms with Crippen molar-refractivity contribution in [1.82, 2.24) is 10.6 Å². The van der Waals surface area contributed by atoms with Crippen molar-refractivity contribution >= 4 is 29.7 Å². The molecule has 1 aromatic rings. The lowest BCUT2D eigenvalue weighted by atomic mass is 10.00. The lowest BCUT2D eigenvalue weighted by Crippen LogP contribution is -2.38. The molecule has 8 heteroatoms. The number of rotatable bonds is 5. The van der Waals surface area contributed by atoms with E-state index in [-0.39, 0.29) is 28.9 Å². The number of hydrogen-bond acceptors (Lipinski definition) is 4. The first-order valence-electron chi connectivity index (χ1n) is 6.60. The summed E-state index contributed by atoms with van der Waals surface area (Å²) in [4.78, 5) is 13.0. The van der Waals surface area contributed by atoms with E-state index in [0.29, 0.717) is 12.5 Å². The van der Waals surface area contributed by atoms with Gasteiger partial charge in [-0.1, -0.05) is 0 Å². The standard InChI is InChI=1S/C13H18F2N2O2S.ClH/c1-8-5-10(19-13(14)15)11(20-8)12(18)17-7-9-3-2-4-16-6-9;/h5,9,13,16H,2-4,6-7H2,1H3,(H,17,18);1H. The summed E-state index contributed by atoms with van der Waals surface area (Å²) in [6.07, 6.45) is 2.16. The van der Waals surface area contributed by atoms with Crippen molar-refractivity contribution in [2.24, 2.45) is 5.92 Å². The Balaban J connectivity index is 0.00000220. The first-order chi connectivity index (χ1) is 9.56. The Morgan fingerprint density at radius 3 is 3.00 bits per heavy atom. The molecule has 1 fully saturated rings. The predicted molar refractivity (Wildman–Crippen MR) is 80.9 cm³/mol. The topological polar surface area (TPSA) is 50.4 Å². The Morgan fingerprint density at radius 2 is 2.38 bits per heavy atom. The third-order valence-electron chi connectivity index (χ3n) is 3.19. The molecule has 2 N–H and O–H groups in total. The molecular formula is C13H19ClF2N2O2S. The molecule has 21 heavy (non-hydrogen) atoms. The molecule has 1 unspecified atom stereocenters. The molecule has 0 aromatic carbocycles. The first-order valence-corrected chi connectivity index (χ1v) is 7.42. The molecule has 0 bridgehead atoms. The number of alkyl halides is 2. The number of piperidine rings is 1. The van der Waals surface area contributed by atoms with Gasteiger partial charge in [0.25, 0.3) is 5.91 Å². The van der Waals surface area contributed by atoms with E-state index in [4.69, 9.17) is 0 Å². The SMILES string of the molecule is Cc1cc(OC(F)F)c(C(=O)NCC2CCCNC2)s1.Cl. The first kappa shape index (κ1) is 18.1. The Bertz CT molecular complexity index is 465. The normalized spacial score (nSPS) is 18.2. The van der Waals surface area contributed by atoms with E-state index < -0.39 is 6.61 Å². The smallest absolute Gasteiger partial charge is 0.387 e. The van der Waals surface area contributed by atoms with Crippen LogP contribution in [0.3, 0.4) is 0 Å². The number of ether oxygens (including phenoxy) is 1. The van der Waals surface area contributed by atoms with E-state index in [0.717, 1.165) is 30.8 Å². The average molecular weight is 341 g/mol. The third kappa shape index (κ3) is 5.41. The minimum atomic E-state index is -2.92. The van der Waals surface area contributed by atoms with Crippen molar-refractivity contribution in [2.75, 3.05) is 19.6 Å². The third-order valence-corrected chi connectivity index (χ3v) is 4.22. The van der Waals surface area contributed by atoms with Crippen LogP contribution in [0, 0.1) is 12.8 Å². The van der Waals surface area contributed by atoms with Crippen molar-refractivity contribution in [2.45, 2.75) is 26.4 Å². The van der Waals surface area contributed by atoms with E-state index in [9.17, 15) is 13.6 Å². The summed E-state index contributed by atoms with van der Waals surface area (Å²) in [5, 5.41) is 6.07. The van der Waals surface area contributed by atoms with Crippen LogP contribution in [0.2, 0.25) is 0 Å². The molecule has 1 amide bonds. The van der Waals surface area contributed by atoms with Gasteiger partial charge in [-0.3, -0.25) is 4.79 Å². The van der Waals surface area contributed by atoms with Crippen molar-refractivity contribution < 1.29 is 18.3 Å². The molecule has 1 aliphatic heterocycles. The van der Waals surface area contributed by atoms with Crippen LogP contribution < -0.4 is 15.4 Å². The Kier molecular flexibility index (Phi) is 7.34. The zero-order valence-corrected chi connectivity index (χ0v) is 13.3. The predicted octanol–water partition coefficient (Wildman–Crippen LogP) is 2.81. The fourth-order valence-electron chi connectivity index (χ4n) is 2.25. The minimum Gasteiger partial charge on any atom is -0.433 e. The van der Waals surface area contributed by atoms with Gasteiger partial charge in [-0.05, 0) is 44.8 Å². The number of amides is 1. The zero-order valence-electron chi connectivity index (χ0n) is 11.7. The molecule has 0 radical (unpaired) electrons. The number of nitrogens with one attached hydrogen (secondary N) is 2. The summed E-state index contributed by atoms with van der Waals surface area (Å²) in [6, 6.07) is 1.47. The Morgan fingerprint density at radius 1 is 1.62 bits per heavy atom. The lowest BCUT2D eigenvalue weighted by molar-refractivity contribution is -0.0498. The minimum absolute atomic E-state index is 0. The lowest BCUT2D eigenvalue weighted by Gasteiger charge is -2.22. The monoisotopic (exact) mass is 340 g/mol. The molecule has 0 spiro atoms. The van der Waals surface area contributed by atoms with Crippen LogP contribution in [-0.2, 0) is 0 Å². The molecule has 2 heterocycles. The van der Waals surface area contributed by atoms with Crippen LogP contribution in [0.25, 0.3) is 0 Å². The van der Waals surface area contributed by atoms with E-state index in [1.165, 1.54) is 17.4 Å². The fraction of sp³-hybridized carbons (Fsp3) is 0.615. The van der Waals surface area contributed by atoms with E-state index in [1.807, 2.05) is 0 Å². The van der Waals surface area contributed by atoms with Crippen molar-refractivity contribution in [3.05, 3.63) is 15.8 Å². The Labute approximate surface area is 132 Å². The van der Waals surface area contributed by atoms with Gasteiger partial charge in [0.15, 0.2) is 0 Å². The molecule has 0 aliphatic carbocycles. The van der Waals surface area contributed by atoms with E-state index in [1.54, 1.807) is 6.92 Å². The van der Waals surface area contributed by atoms with Gasteiger partial charge in [0, 0.05) is 11.4 Å². The summed E-state index contributed by atoms with van der Waals surface area (Å²) >= 11 is 1.17. The highest BCUT2D eigenvalue weighted by molar-refractivity contribution is 7.14. The van der Waals surface area contributed by atoms with Crippen LogP contribution in [-0.4, -0.2) is 32.2 Å². The maximum absolute atomic E-state index is 12.3. The summed E-state index contributed by atoms with van der Waals surface area (Å²) in [5.74, 6) is 0.0133. The summed E-state index contributed by atoms with van der Waals surface area (Å²) < 4.78 is 29.0. The van der Waals surface area contributed by atoms with Gasteiger partial charge in [0.1, 0.15) is 10.6 Å². The van der Waals surface area contributed by atoms with Crippen LogP contribution in [0.5, 0.6) is 5.75 Å². The summed E-state index contributed by atoms with van der Waals surface area (Å²) in [7, 11) is 0. The Hall–Kier alpha value is -0.920. The van der Waals surface area contributed by atoms with Crippen molar-refractivity contribution in [3.63, 3.8) is 0 Å². The number of hydrogen-bond donors (Lipinski definition) is 2. The van der Waals surface area contributed by atoms with Gasteiger partial charge in [0.05, 0.1) is 0 Å². The van der Waals surface area contributed by atoms with E-state index >= 15 is 0 Å². The van der Waals surface area contributed by atoms with Crippen LogP contribution in [0.1, 0.15) is 27.4 Å². The molecule has 2 rings (SSSR count). The molecule has 1 aromatic heterocycles. The highest BCUT2D eigenvalue weighted by atomic mass is 35.5. The zero-order chi connectivity index (χ0) is 14.5. The fourth-order valence-corrected chi connectivity index (χ4v) is 3.11. The van der Waals surface area contributed by atoms with Gasteiger partial charge >= 0.3 is 6.61 Å². The highest BCUT2D eigenvalue weighted by Crippen LogP contribution is 2.30. The molecule has 1 saturated heterocycles. The second kappa shape index (κ2) is 8.51. The van der Waals surface area contributed by atoms with Crippen molar-refractivity contribution in [3.8, 4) is 5.75 Å².